The van der Waals surface area contributed by atoms with Crippen LogP contribution in [-0.2, 0) is 6.54 Å². The topological polar surface area (TPSA) is 82.5 Å². The van der Waals surface area contributed by atoms with E-state index >= 15 is 0 Å². The van der Waals surface area contributed by atoms with Gasteiger partial charge in [-0.25, -0.2) is 9.78 Å². The number of aliphatic hydroxyl groups is 1. The van der Waals surface area contributed by atoms with Gasteiger partial charge in [-0.15, -0.1) is 0 Å². The van der Waals surface area contributed by atoms with Crippen molar-refractivity contribution in [3.05, 3.63) is 29.6 Å². The van der Waals surface area contributed by atoms with Crippen molar-refractivity contribution in [2.45, 2.75) is 31.4 Å². The fourth-order valence-corrected chi connectivity index (χ4v) is 1.88. The zero-order chi connectivity index (χ0) is 12.3. The molecule has 5 heteroatoms. The number of carbonyl (C=O) groups is 1. The van der Waals surface area contributed by atoms with Gasteiger partial charge in [0.05, 0.1) is 11.3 Å². The van der Waals surface area contributed by atoms with Crippen LogP contribution in [0.5, 0.6) is 0 Å². The van der Waals surface area contributed by atoms with Crippen molar-refractivity contribution in [1.82, 2.24) is 10.3 Å². The van der Waals surface area contributed by atoms with Crippen molar-refractivity contribution in [1.29, 1.82) is 0 Å². The maximum Gasteiger partial charge on any atom is 0.354 e. The van der Waals surface area contributed by atoms with Gasteiger partial charge in [0.25, 0.3) is 0 Å². The van der Waals surface area contributed by atoms with E-state index in [0.29, 0.717) is 18.8 Å². The molecule has 3 N–H and O–H groups in total. The quantitative estimate of drug-likeness (QED) is 0.704. The molecule has 0 bridgehead atoms. The van der Waals surface area contributed by atoms with Crippen molar-refractivity contribution < 1.29 is 15.0 Å². The summed E-state index contributed by atoms with van der Waals surface area (Å²) in [5, 5.41) is 21.7. The van der Waals surface area contributed by atoms with Crippen molar-refractivity contribution in [3.63, 3.8) is 0 Å². The lowest BCUT2D eigenvalue weighted by Crippen LogP contribution is -2.46. The minimum Gasteiger partial charge on any atom is -0.477 e. The molecule has 92 valence electrons. The smallest absolute Gasteiger partial charge is 0.354 e. The van der Waals surface area contributed by atoms with Crippen molar-refractivity contribution >= 4 is 5.97 Å². The number of hydrogen-bond donors (Lipinski definition) is 3. The Balaban J connectivity index is 1.86. The Morgan fingerprint density at radius 2 is 2.24 bits per heavy atom. The van der Waals surface area contributed by atoms with E-state index in [9.17, 15) is 9.90 Å². The molecule has 1 aromatic heterocycles. The van der Waals surface area contributed by atoms with E-state index in [0.717, 1.165) is 19.3 Å². The van der Waals surface area contributed by atoms with Crippen LogP contribution in [0.25, 0.3) is 0 Å². The number of aromatic nitrogens is 1. The van der Waals surface area contributed by atoms with Gasteiger partial charge in [0.1, 0.15) is 5.69 Å². The highest BCUT2D eigenvalue weighted by molar-refractivity contribution is 5.85. The van der Waals surface area contributed by atoms with Gasteiger partial charge in [-0.2, -0.15) is 0 Å². The molecule has 0 aliphatic heterocycles. The molecule has 1 aliphatic carbocycles. The number of aromatic carboxylic acids is 1. The Hall–Kier alpha value is -1.46. The first-order chi connectivity index (χ1) is 8.09. The second-order valence-electron chi connectivity index (χ2n) is 4.50. The summed E-state index contributed by atoms with van der Waals surface area (Å²) in [7, 11) is 0. The molecule has 0 amide bonds. The highest BCUT2D eigenvalue weighted by Gasteiger charge is 2.33. The molecule has 1 fully saturated rings. The third-order valence-electron chi connectivity index (χ3n) is 3.07. The van der Waals surface area contributed by atoms with Crippen LogP contribution in [0.15, 0.2) is 18.2 Å². The second-order valence-corrected chi connectivity index (χ2v) is 4.50. The van der Waals surface area contributed by atoms with Gasteiger partial charge >= 0.3 is 5.97 Å². The molecule has 0 radical (unpaired) electrons. The summed E-state index contributed by atoms with van der Waals surface area (Å²) in [5.74, 6) is -1.02. The Morgan fingerprint density at radius 1 is 1.47 bits per heavy atom. The molecular weight excluding hydrogens is 220 g/mol. The summed E-state index contributed by atoms with van der Waals surface area (Å²) < 4.78 is 0. The first-order valence-corrected chi connectivity index (χ1v) is 5.71. The van der Waals surface area contributed by atoms with Gasteiger partial charge in [0.15, 0.2) is 0 Å². The minimum absolute atomic E-state index is 0.0478. The first-order valence-electron chi connectivity index (χ1n) is 5.71. The van der Waals surface area contributed by atoms with Gasteiger partial charge in [0.2, 0.25) is 0 Å². The molecule has 0 spiro atoms. The number of carboxylic acid groups (broad SMARTS) is 1. The normalized spacial score (nSPS) is 17.5. The molecule has 0 unspecified atom stereocenters. The van der Waals surface area contributed by atoms with Crippen molar-refractivity contribution in [2.75, 3.05) is 6.54 Å². The minimum atomic E-state index is -1.02. The molecule has 17 heavy (non-hydrogen) atoms. The van der Waals surface area contributed by atoms with Gasteiger partial charge in [-0.3, -0.25) is 0 Å². The lowest BCUT2D eigenvalue weighted by atomic mass is 9.80. The van der Waals surface area contributed by atoms with E-state index in [4.69, 9.17) is 5.11 Å². The summed E-state index contributed by atoms with van der Waals surface area (Å²) in [6, 6.07) is 4.90. The van der Waals surface area contributed by atoms with E-state index in [1.807, 2.05) is 0 Å². The van der Waals surface area contributed by atoms with Crippen LogP contribution in [0, 0.1) is 0 Å². The van der Waals surface area contributed by atoms with Gasteiger partial charge in [-0.1, -0.05) is 6.07 Å². The van der Waals surface area contributed by atoms with E-state index < -0.39 is 11.6 Å². The molecule has 0 atom stereocenters. The Bertz CT molecular complexity index is 416. The van der Waals surface area contributed by atoms with Crippen LogP contribution in [-0.4, -0.2) is 33.3 Å². The van der Waals surface area contributed by atoms with Crippen LogP contribution in [0.2, 0.25) is 0 Å². The first kappa shape index (κ1) is 12.0. The summed E-state index contributed by atoms with van der Waals surface area (Å²) in [5.41, 5.74) is 0.157. The molecule has 0 aromatic carbocycles. The fraction of sp³-hybridized carbons (Fsp3) is 0.500. The number of nitrogens with zero attached hydrogens (tertiary/aromatic N) is 1. The summed E-state index contributed by atoms with van der Waals surface area (Å²) in [4.78, 5) is 14.7. The maximum atomic E-state index is 10.7. The van der Waals surface area contributed by atoms with E-state index in [2.05, 4.69) is 10.3 Å². The third-order valence-corrected chi connectivity index (χ3v) is 3.07. The predicted molar refractivity (Wildman–Crippen MR) is 61.7 cm³/mol. The number of rotatable bonds is 5. The average molecular weight is 236 g/mol. The highest BCUT2D eigenvalue weighted by Crippen LogP contribution is 2.30. The van der Waals surface area contributed by atoms with Crippen molar-refractivity contribution in [3.8, 4) is 0 Å². The lowest BCUT2D eigenvalue weighted by molar-refractivity contribution is -0.0315. The molecule has 1 saturated carbocycles. The van der Waals surface area contributed by atoms with E-state index in [1.165, 1.54) is 6.07 Å². The fourth-order valence-electron chi connectivity index (χ4n) is 1.88. The molecule has 0 saturated heterocycles. The Kier molecular flexibility index (Phi) is 3.40. The summed E-state index contributed by atoms with van der Waals surface area (Å²) >= 11 is 0. The van der Waals surface area contributed by atoms with E-state index in [-0.39, 0.29) is 5.69 Å². The average Bonchev–Trinajstić information content (AvgIpc) is 2.27. The van der Waals surface area contributed by atoms with E-state index in [1.54, 1.807) is 12.1 Å². The SMILES string of the molecule is O=C(O)c1cccc(CNCC2(O)CCC2)n1. The molecule has 1 heterocycles. The third kappa shape index (κ3) is 3.01. The molecule has 5 nitrogen and oxygen atoms in total. The molecule has 1 aromatic rings. The monoisotopic (exact) mass is 236 g/mol. The lowest BCUT2D eigenvalue weighted by Gasteiger charge is -2.36. The zero-order valence-corrected chi connectivity index (χ0v) is 9.52. The Labute approximate surface area is 99.5 Å². The molecular formula is C12H16N2O3. The van der Waals surface area contributed by atoms with Crippen LogP contribution in [0.1, 0.15) is 35.4 Å². The van der Waals surface area contributed by atoms with Crippen LogP contribution in [0.4, 0.5) is 0 Å². The number of pyridine rings is 1. The predicted octanol–water partition coefficient (Wildman–Crippen LogP) is 0.784. The van der Waals surface area contributed by atoms with Crippen LogP contribution in [0.3, 0.4) is 0 Å². The zero-order valence-electron chi connectivity index (χ0n) is 9.52. The van der Waals surface area contributed by atoms with Crippen molar-refractivity contribution in [2.24, 2.45) is 0 Å². The number of hydrogen-bond acceptors (Lipinski definition) is 4. The summed E-state index contributed by atoms with van der Waals surface area (Å²) in [6.45, 7) is 1.01. The van der Waals surface area contributed by atoms with Gasteiger partial charge < -0.3 is 15.5 Å². The number of nitrogens with one attached hydrogen (secondary N) is 1. The van der Waals surface area contributed by atoms with Crippen LogP contribution < -0.4 is 5.32 Å². The van der Waals surface area contributed by atoms with Gasteiger partial charge in [0, 0.05) is 13.1 Å². The molecule has 2 rings (SSSR count). The maximum absolute atomic E-state index is 10.7. The second kappa shape index (κ2) is 4.81. The van der Waals surface area contributed by atoms with Gasteiger partial charge in [-0.05, 0) is 31.4 Å². The highest BCUT2D eigenvalue weighted by atomic mass is 16.4. The Morgan fingerprint density at radius 3 is 2.82 bits per heavy atom. The van der Waals surface area contributed by atoms with Crippen LogP contribution >= 0.6 is 0 Å². The molecule has 1 aliphatic rings. The number of carboxylic acids is 1. The largest absolute Gasteiger partial charge is 0.477 e. The summed E-state index contributed by atoms with van der Waals surface area (Å²) in [6.07, 6.45) is 2.75. The standard InChI is InChI=1S/C12H16N2O3/c15-11(16)10-4-1-3-9(14-10)7-13-8-12(17)5-2-6-12/h1,3-4,13,17H,2,5-8H2,(H,15,16).